The molecule has 3 heterocycles. The Labute approximate surface area is 231 Å². The molecule has 0 saturated heterocycles. The van der Waals surface area contributed by atoms with Crippen LogP contribution in [0.5, 0.6) is 0 Å². The minimum atomic E-state index is 0.628. The van der Waals surface area contributed by atoms with Crippen molar-refractivity contribution in [3.63, 3.8) is 0 Å². The van der Waals surface area contributed by atoms with Gasteiger partial charge in [0.05, 0.1) is 0 Å². The monoisotopic (exact) mass is 570 g/mol. The standard InChI is InChI=1S/C32H19BrN4S/c33-24-18-22(20-13-15-34-16-14-20)17-23(19-24)31-35-30(21-7-2-1-3-8-21)36-32(37-31)27-11-6-10-26-25-9-4-5-12-28(25)38-29(26)27/h1-19H. The average molecular weight is 572 g/mol. The summed E-state index contributed by atoms with van der Waals surface area (Å²) < 4.78 is 3.38. The second-order valence-electron chi connectivity index (χ2n) is 8.92. The summed E-state index contributed by atoms with van der Waals surface area (Å²) in [5.74, 6) is 1.94. The van der Waals surface area contributed by atoms with Crippen molar-refractivity contribution in [3.05, 3.63) is 120 Å². The van der Waals surface area contributed by atoms with Crippen LogP contribution in [-0.4, -0.2) is 19.9 Å². The predicted octanol–water partition coefficient (Wildman–Crippen LogP) is 9.06. The van der Waals surface area contributed by atoms with E-state index >= 15 is 0 Å². The van der Waals surface area contributed by atoms with Gasteiger partial charge in [-0.2, -0.15) is 0 Å². The first-order chi connectivity index (χ1) is 18.7. The number of thiophene rings is 1. The van der Waals surface area contributed by atoms with E-state index in [-0.39, 0.29) is 0 Å². The summed E-state index contributed by atoms with van der Waals surface area (Å²) in [6.45, 7) is 0. The number of hydrogen-bond acceptors (Lipinski definition) is 5. The van der Waals surface area contributed by atoms with Crippen molar-refractivity contribution in [2.45, 2.75) is 0 Å². The Hall–Kier alpha value is -4.26. The number of pyridine rings is 1. The smallest absolute Gasteiger partial charge is 0.165 e. The van der Waals surface area contributed by atoms with Gasteiger partial charge in [-0.3, -0.25) is 4.98 Å². The van der Waals surface area contributed by atoms with E-state index in [0.717, 1.165) is 32.3 Å². The Bertz CT molecular complexity index is 1930. The molecule has 0 bridgehead atoms. The SMILES string of the molecule is Brc1cc(-c2ccncc2)cc(-c2nc(-c3ccccc3)nc(-c3cccc4c3sc3ccccc34)n2)c1. The van der Waals surface area contributed by atoms with Crippen LogP contribution in [0.15, 0.2) is 120 Å². The van der Waals surface area contributed by atoms with Gasteiger partial charge in [-0.25, -0.2) is 15.0 Å². The number of aromatic nitrogens is 4. The molecule has 4 nitrogen and oxygen atoms in total. The van der Waals surface area contributed by atoms with Gasteiger partial charge in [0, 0.05) is 53.7 Å². The lowest BCUT2D eigenvalue weighted by molar-refractivity contribution is 1.08. The highest BCUT2D eigenvalue weighted by Crippen LogP contribution is 2.39. The number of rotatable bonds is 4. The molecule has 0 atom stereocenters. The Morgan fingerprint density at radius 1 is 0.526 bits per heavy atom. The molecule has 38 heavy (non-hydrogen) atoms. The number of hydrogen-bond donors (Lipinski definition) is 0. The zero-order valence-electron chi connectivity index (χ0n) is 20.0. The van der Waals surface area contributed by atoms with Gasteiger partial charge in [-0.1, -0.05) is 76.6 Å². The van der Waals surface area contributed by atoms with Crippen LogP contribution in [0.4, 0.5) is 0 Å². The van der Waals surface area contributed by atoms with E-state index < -0.39 is 0 Å². The summed E-state index contributed by atoms with van der Waals surface area (Å²) in [6.07, 6.45) is 3.60. The first-order valence-corrected chi connectivity index (χ1v) is 13.8. The molecular weight excluding hydrogens is 552 g/mol. The van der Waals surface area contributed by atoms with Crippen molar-refractivity contribution in [1.29, 1.82) is 0 Å². The van der Waals surface area contributed by atoms with Gasteiger partial charge in [0.25, 0.3) is 0 Å². The second-order valence-corrected chi connectivity index (χ2v) is 10.9. The fourth-order valence-corrected chi connectivity index (χ4v) is 6.40. The van der Waals surface area contributed by atoms with Crippen LogP contribution >= 0.6 is 27.3 Å². The fourth-order valence-electron chi connectivity index (χ4n) is 4.69. The van der Waals surface area contributed by atoms with Crippen molar-refractivity contribution < 1.29 is 0 Å². The number of nitrogens with zero attached hydrogens (tertiary/aromatic N) is 4. The lowest BCUT2D eigenvalue weighted by atomic mass is 10.0. The van der Waals surface area contributed by atoms with Crippen molar-refractivity contribution in [2.24, 2.45) is 0 Å². The first-order valence-electron chi connectivity index (χ1n) is 12.2. The molecular formula is C32H19BrN4S. The van der Waals surface area contributed by atoms with E-state index in [2.05, 4.69) is 81.6 Å². The van der Waals surface area contributed by atoms with E-state index in [4.69, 9.17) is 15.0 Å². The van der Waals surface area contributed by atoms with Crippen LogP contribution in [0.2, 0.25) is 0 Å². The quantitative estimate of drug-likeness (QED) is 0.212. The molecule has 0 radical (unpaired) electrons. The molecule has 7 aromatic rings. The minimum absolute atomic E-state index is 0.628. The summed E-state index contributed by atoms with van der Waals surface area (Å²) in [6, 6.07) is 35.2. The zero-order valence-corrected chi connectivity index (χ0v) is 22.4. The Kier molecular flexibility index (Phi) is 5.76. The highest BCUT2D eigenvalue weighted by Gasteiger charge is 2.17. The van der Waals surface area contributed by atoms with Gasteiger partial charge < -0.3 is 0 Å². The third-order valence-corrected chi connectivity index (χ3v) is 8.16. The number of benzene rings is 4. The molecule has 0 spiro atoms. The molecule has 0 aliphatic carbocycles. The minimum Gasteiger partial charge on any atom is -0.265 e. The van der Waals surface area contributed by atoms with Gasteiger partial charge in [-0.05, 0) is 53.6 Å². The maximum absolute atomic E-state index is 5.05. The van der Waals surface area contributed by atoms with Crippen molar-refractivity contribution in [3.8, 4) is 45.3 Å². The van der Waals surface area contributed by atoms with Crippen LogP contribution in [0.1, 0.15) is 0 Å². The zero-order chi connectivity index (χ0) is 25.5. The van der Waals surface area contributed by atoms with E-state index in [1.165, 1.54) is 20.2 Å². The number of halogens is 1. The van der Waals surface area contributed by atoms with Crippen LogP contribution in [0.25, 0.3) is 65.5 Å². The normalized spacial score (nSPS) is 11.3. The summed E-state index contributed by atoms with van der Waals surface area (Å²) >= 11 is 5.48. The molecule has 6 heteroatoms. The molecule has 4 aromatic carbocycles. The fraction of sp³-hybridized carbons (Fsp3) is 0. The molecule has 0 N–H and O–H groups in total. The van der Waals surface area contributed by atoms with E-state index in [0.29, 0.717) is 17.5 Å². The number of fused-ring (bicyclic) bond motifs is 3. The van der Waals surface area contributed by atoms with Gasteiger partial charge in [0.15, 0.2) is 17.5 Å². The van der Waals surface area contributed by atoms with Crippen LogP contribution < -0.4 is 0 Å². The topological polar surface area (TPSA) is 51.6 Å². The van der Waals surface area contributed by atoms with E-state index in [1.54, 1.807) is 23.7 Å². The molecule has 180 valence electrons. The first kappa shape index (κ1) is 22.9. The van der Waals surface area contributed by atoms with Crippen molar-refractivity contribution >= 4 is 47.4 Å². The molecule has 0 aliphatic heterocycles. The third-order valence-electron chi connectivity index (χ3n) is 6.48. The Balaban J connectivity index is 1.47. The van der Waals surface area contributed by atoms with E-state index in [1.807, 2.05) is 42.5 Å². The Morgan fingerprint density at radius 3 is 2.05 bits per heavy atom. The lowest BCUT2D eigenvalue weighted by Gasteiger charge is -2.11. The predicted molar refractivity (Wildman–Crippen MR) is 160 cm³/mol. The summed E-state index contributed by atoms with van der Waals surface area (Å²) in [7, 11) is 0. The van der Waals surface area contributed by atoms with Gasteiger partial charge in [0.2, 0.25) is 0 Å². The Morgan fingerprint density at radius 2 is 1.21 bits per heavy atom. The third kappa shape index (κ3) is 4.18. The van der Waals surface area contributed by atoms with Gasteiger partial charge in [0.1, 0.15) is 0 Å². The highest BCUT2D eigenvalue weighted by molar-refractivity contribution is 9.10. The molecule has 0 amide bonds. The molecule has 0 aliphatic rings. The summed E-state index contributed by atoms with van der Waals surface area (Å²) in [5.41, 5.74) is 5.01. The van der Waals surface area contributed by atoms with Crippen molar-refractivity contribution in [1.82, 2.24) is 19.9 Å². The van der Waals surface area contributed by atoms with Gasteiger partial charge in [-0.15, -0.1) is 11.3 Å². The van der Waals surface area contributed by atoms with Crippen LogP contribution in [-0.2, 0) is 0 Å². The summed E-state index contributed by atoms with van der Waals surface area (Å²) in [5, 5.41) is 2.47. The van der Waals surface area contributed by atoms with Crippen molar-refractivity contribution in [2.75, 3.05) is 0 Å². The summed E-state index contributed by atoms with van der Waals surface area (Å²) in [4.78, 5) is 19.1. The average Bonchev–Trinajstić information content (AvgIpc) is 3.36. The molecule has 7 rings (SSSR count). The largest absolute Gasteiger partial charge is 0.265 e. The van der Waals surface area contributed by atoms with Gasteiger partial charge >= 0.3 is 0 Å². The molecule has 0 fully saturated rings. The van der Waals surface area contributed by atoms with E-state index in [9.17, 15) is 0 Å². The molecule has 0 saturated carbocycles. The second kappa shape index (κ2) is 9.56. The maximum atomic E-state index is 5.05. The highest BCUT2D eigenvalue weighted by atomic mass is 79.9. The lowest BCUT2D eigenvalue weighted by Crippen LogP contribution is -2.00. The molecule has 3 aromatic heterocycles. The van der Waals surface area contributed by atoms with Crippen LogP contribution in [0, 0.1) is 0 Å². The van der Waals surface area contributed by atoms with Crippen LogP contribution in [0.3, 0.4) is 0 Å². The molecule has 0 unspecified atom stereocenters. The maximum Gasteiger partial charge on any atom is 0.165 e.